The number of sulfone groups is 1. The third kappa shape index (κ3) is 4.17. The molecule has 0 aliphatic heterocycles. The van der Waals surface area contributed by atoms with Crippen LogP contribution in [0.2, 0.25) is 0 Å². The quantitative estimate of drug-likeness (QED) is 0.489. The minimum absolute atomic E-state index is 0.0479. The number of nitrogens with zero attached hydrogens (tertiary/aromatic N) is 3. The van der Waals surface area contributed by atoms with Crippen LogP contribution in [-0.2, 0) is 21.3 Å². The summed E-state index contributed by atoms with van der Waals surface area (Å²) < 4.78 is 35.8. The molecule has 1 aromatic carbocycles. The van der Waals surface area contributed by atoms with Crippen LogP contribution in [0, 0.1) is 6.92 Å². The van der Waals surface area contributed by atoms with Crippen molar-refractivity contribution in [3.05, 3.63) is 77.7 Å². The fraction of sp³-hybridized carbons (Fsp3) is 0.150. The summed E-state index contributed by atoms with van der Waals surface area (Å²) in [6.07, 6.45) is 1.63. The van der Waals surface area contributed by atoms with Crippen molar-refractivity contribution in [2.75, 3.05) is 0 Å². The van der Waals surface area contributed by atoms with E-state index in [0.717, 1.165) is 11.1 Å². The first-order valence-corrected chi connectivity index (χ1v) is 10.4. The summed E-state index contributed by atoms with van der Waals surface area (Å²) in [6, 6.07) is 16.0. The van der Waals surface area contributed by atoms with Crippen LogP contribution in [-0.4, -0.2) is 23.5 Å². The van der Waals surface area contributed by atoms with Gasteiger partial charge in [-0.25, -0.2) is 8.42 Å². The summed E-state index contributed by atoms with van der Waals surface area (Å²) in [5, 5.41) is 3.88. The molecule has 8 heteroatoms. The minimum atomic E-state index is -3.38. The zero-order chi connectivity index (χ0) is 19.6. The lowest BCUT2D eigenvalue weighted by atomic mass is 10.2. The first-order chi connectivity index (χ1) is 13.5. The van der Waals surface area contributed by atoms with Crippen LogP contribution >= 0.6 is 0 Å². The molecule has 4 rings (SSSR count). The fourth-order valence-electron chi connectivity index (χ4n) is 2.70. The van der Waals surface area contributed by atoms with Crippen LogP contribution in [0.5, 0.6) is 0 Å². The Hall–Kier alpha value is -3.26. The molecule has 0 atom stereocenters. The number of benzene rings is 1. The lowest BCUT2D eigenvalue weighted by molar-refractivity contribution is 0.413. The van der Waals surface area contributed by atoms with Gasteiger partial charge in [0.15, 0.2) is 15.6 Å². The van der Waals surface area contributed by atoms with E-state index in [-0.39, 0.29) is 17.4 Å². The van der Waals surface area contributed by atoms with Crippen LogP contribution in [0.25, 0.3) is 23.2 Å². The van der Waals surface area contributed by atoms with Crippen LogP contribution < -0.4 is 0 Å². The molecular formula is C20H17N3O4S. The van der Waals surface area contributed by atoms with Crippen molar-refractivity contribution in [3.8, 4) is 23.2 Å². The zero-order valence-corrected chi connectivity index (χ0v) is 15.9. The Morgan fingerprint density at radius 2 is 1.79 bits per heavy atom. The highest BCUT2D eigenvalue weighted by Crippen LogP contribution is 2.24. The Bertz CT molecular complexity index is 1180. The van der Waals surface area contributed by atoms with Gasteiger partial charge in [0.2, 0.25) is 5.82 Å². The monoisotopic (exact) mass is 395 g/mol. The van der Waals surface area contributed by atoms with E-state index in [1.165, 1.54) is 0 Å². The van der Waals surface area contributed by atoms with Crippen molar-refractivity contribution in [1.82, 2.24) is 15.1 Å². The lowest BCUT2D eigenvalue weighted by Gasteiger charge is -2.03. The lowest BCUT2D eigenvalue weighted by Crippen LogP contribution is -2.07. The molecule has 0 spiro atoms. The molecule has 7 nitrogen and oxygen atoms in total. The van der Waals surface area contributed by atoms with Crippen molar-refractivity contribution in [3.63, 3.8) is 0 Å². The average molecular weight is 395 g/mol. The van der Waals surface area contributed by atoms with E-state index in [9.17, 15) is 8.42 Å². The van der Waals surface area contributed by atoms with E-state index in [0.29, 0.717) is 23.0 Å². The van der Waals surface area contributed by atoms with Gasteiger partial charge < -0.3 is 8.94 Å². The van der Waals surface area contributed by atoms with Gasteiger partial charge in [-0.1, -0.05) is 41.1 Å². The summed E-state index contributed by atoms with van der Waals surface area (Å²) in [7, 11) is -3.38. The van der Waals surface area contributed by atoms with Gasteiger partial charge in [-0.3, -0.25) is 4.98 Å². The normalized spacial score (nSPS) is 11.6. The third-order valence-electron chi connectivity index (χ3n) is 4.06. The van der Waals surface area contributed by atoms with E-state index < -0.39 is 9.84 Å². The van der Waals surface area contributed by atoms with Gasteiger partial charge in [-0.2, -0.15) is 4.98 Å². The molecule has 142 valence electrons. The van der Waals surface area contributed by atoms with E-state index in [1.54, 1.807) is 30.5 Å². The van der Waals surface area contributed by atoms with Crippen molar-refractivity contribution in [2.45, 2.75) is 18.4 Å². The van der Waals surface area contributed by atoms with Crippen molar-refractivity contribution in [1.29, 1.82) is 0 Å². The minimum Gasteiger partial charge on any atom is -0.455 e. The van der Waals surface area contributed by atoms with Crippen molar-refractivity contribution in [2.24, 2.45) is 0 Å². The first-order valence-electron chi connectivity index (χ1n) is 8.59. The third-order valence-corrected chi connectivity index (χ3v) is 5.56. The Kier molecular flexibility index (Phi) is 4.79. The summed E-state index contributed by atoms with van der Waals surface area (Å²) in [4.78, 5) is 8.41. The molecule has 3 heterocycles. The van der Waals surface area contributed by atoms with E-state index >= 15 is 0 Å². The molecule has 3 aromatic heterocycles. The Morgan fingerprint density at radius 3 is 2.54 bits per heavy atom. The number of rotatable bonds is 6. The molecule has 0 N–H and O–H groups in total. The molecule has 0 bridgehead atoms. The van der Waals surface area contributed by atoms with Crippen LogP contribution in [0.1, 0.15) is 16.9 Å². The second-order valence-electron chi connectivity index (χ2n) is 6.42. The van der Waals surface area contributed by atoms with Crippen molar-refractivity contribution >= 4 is 9.84 Å². The van der Waals surface area contributed by atoms with Gasteiger partial charge in [0.25, 0.3) is 5.89 Å². The van der Waals surface area contributed by atoms with Crippen LogP contribution in [0.3, 0.4) is 0 Å². The Balaban J connectivity index is 1.48. The molecule has 0 radical (unpaired) electrons. The molecule has 0 amide bonds. The maximum absolute atomic E-state index is 12.5. The van der Waals surface area contributed by atoms with Gasteiger partial charge in [0, 0.05) is 6.20 Å². The molecular weight excluding hydrogens is 378 g/mol. The highest BCUT2D eigenvalue weighted by Gasteiger charge is 2.19. The molecule has 0 aliphatic carbocycles. The van der Waals surface area contributed by atoms with Crippen molar-refractivity contribution < 1.29 is 17.4 Å². The molecule has 0 fully saturated rings. The van der Waals surface area contributed by atoms with Crippen LogP contribution in [0.4, 0.5) is 0 Å². The fourth-order valence-corrected chi connectivity index (χ4v) is 4.09. The van der Waals surface area contributed by atoms with Gasteiger partial charge in [-0.05, 0) is 36.8 Å². The second kappa shape index (κ2) is 7.40. The average Bonchev–Trinajstić information content (AvgIpc) is 3.33. The number of aryl methyl sites for hydroxylation is 1. The summed E-state index contributed by atoms with van der Waals surface area (Å²) >= 11 is 0. The predicted octanol–water partition coefficient (Wildman–Crippen LogP) is 3.82. The number of pyridine rings is 1. The number of hydrogen-bond donors (Lipinski definition) is 0. The maximum atomic E-state index is 12.5. The van der Waals surface area contributed by atoms with E-state index in [4.69, 9.17) is 8.94 Å². The number of aromatic nitrogens is 3. The van der Waals surface area contributed by atoms with E-state index in [2.05, 4.69) is 15.1 Å². The second-order valence-corrected chi connectivity index (χ2v) is 8.49. The van der Waals surface area contributed by atoms with Gasteiger partial charge in [-0.15, -0.1) is 0 Å². The standard InChI is InChI=1S/C20H17N3O4S/c1-14-5-7-15(8-6-14)12-28(24,25)13-16-9-10-18(26-16)20-22-19(23-27-20)17-4-2-3-11-21-17/h2-11H,12-13H2,1H3. The summed E-state index contributed by atoms with van der Waals surface area (Å²) in [5.41, 5.74) is 2.40. The Labute approximate surface area is 162 Å². The van der Waals surface area contributed by atoms with Gasteiger partial charge in [0.05, 0.1) is 5.75 Å². The maximum Gasteiger partial charge on any atom is 0.293 e. The summed E-state index contributed by atoms with van der Waals surface area (Å²) in [6.45, 7) is 1.96. The Morgan fingerprint density at radius 1 is 0.964 bits per heavy atom. The largest absolute Gasteiger partial charge is 0.455 e. The first kappa shape index (κ1) is 18.1. The molecule has 28 heavy (non-hydrogen) atoms. The zero-order valence-electron chi connectivity index (χ0n) is 15.1. The van der Waals surface area contributed by atoms with Gasteiger partial charge in [0.1, 0.15) is 17.2 Å². The topological polar surface area (TPSA) is 99.1 Å². The highest BCUT2D eigenvalue weighted by atomic mass is 32.2. The number of hydrogen-bond acceptors (Lipinski definition) is 7. The highest BCUT2D eigenvalue weighted by molar-refractivity contribution is 7.89. The number of furan rings is 1. The SMILES string of the molecule is Cc1ccc(CS(=O)(=O)Cc2ccc(-c3nc(-c4ccccn4)no3)o2)cc1. The summed E-state index contributed by atoms with van der Waals surface area (Å²) in [5.74, 6) is 0.883. The molecule has 0 aliphatic rings. The molecule has 0 saturated heterocycles. The van der Waals surface area contributed by atoms with E-state index in [1.807, 2.05) is 37.3 Å². The van der Waals surface area contributed by atoms with Crippen LogP contribution in [0.15, 0.2) is 69.7 Å². The molecule has 0 saturated carbocycles. The molecule has 4 aromatic rings. The predicted molar refractivity (Wildman–Crippen MR) is 103 cm³/mol. The van der Waals surface area contributed by atoms with Gasteiger partial charge >= 0.3 is 0 Å². The smallest absolute Gasteiger partial charge is 0.293 e. The molecule has 0 unspecified atom stereocenters.